The molecule has 1 amide bonds. The number of aromatic nitrogens is 2. The molecule has 112 valence electrons. The zero-order valence-electron chi connectivity index (χ0n) is 12.5. The maximum absolute atomic E-state index is 12.1. The van der Waals surface area contributed by atoms with E-state index < -0.39 is 5.60 Å². The number of nitrogens with zero attached hydrogens (tertiary/aromatic N) is 4. The SMILES string of the molecule is C[C@@H]1CN(Cc2csnn2)CCN1C(=O)OC(C)(C)C. The van der Waals surface area contributed by atoms with Crippen LogP contribution in [0.3, 0.4) is 0 Å². The first kappa shape index (κ1) is 15.2. The Balaban J connectivity index is 1.87. The van der Waals surface area contributed by atoms with Crippen molar-refractivity contribution in [3.05, 3.63) is 11.1 Å². The van der Waals surface area contributed by atoms with Gasteiger partial charge in [-0.15, -0.1) is 5.10 Å². The maximum atomic E-state index is 12.1. The highest BCUT2D eigenvalue weighted by atomic mass is 32.1. The van der Waals surface area contributed by atoms with E-state index in [1.807, 2.05) is 26.2 Å². The number of carbonyl (C=O) groups excluding carboxylic acids is 1. The van der Waals surface area contributed by atoms with Crippen molar-refractivity contribution in [2.24, 2.45) is 0 Å². The highest BCUT2D eigenvalue weighted by molar-refractivity contribution is 7.03. The predicted octanol–water partition coefficient (Wildman–Crippen LogP) is 1.98. The number of amides is 1. The molecule has 1 aliphatic rings. The van der Waals surface area contributed by atoms with E-state index in [-0.39, 0.29) is 12.1 Å². The van der Waals surface area contributed by atoms with Crippen molar-refractivity contribution in [2.45, 2.75) is 45.9 Å². The molecular formula is C13H22N4O2S. The molecule has 0 spiro atoms. The molecule has 1 aliphatic heterocycles. The first-order valence-electron chi connectivity index (χ1n) is 6.83. The Morgan fingerprint density at radius 1 is 1.50 bits per heavy atom. The highest BCUT2D eigenvalue weighted by Gasteiger charge is 2.30. The fourth-order valence-corrected chi connectivity index (χ4v) is 2.69. The molecule has 0 radical (unpaired) electrons. The summed E-state index contributed by atoms with van der Waals surface area (Å²) in [6, 6.07) is 0.144. The van der Waals surface area contributed by atoms with Crippen LogP contribution in [0.5, 0.6) is 0 Å². The van der Waals surface area contributed by atoms with Crippen LogP contribution in [0.25, 0.3) is 0 Å². The van der Waals surface area contributed by atoms with Crippen molar-refractivity contribution in [2.75, 3.05) is 19.6 Å². The van der Waals surface area contributed by atoms with Gasteiger partial charge in [-0.1, -0.05) is 4.49 Å². The number of ether oxygens (including phenoxy) is 1. The summed E-state index contributed by atoms with van der Waals surface area (Å²) in [5.41, 5.74) is 0.549. The van der Waals surface area contributed by atoms with E-state index in [0.29, 0.717) is 6.54 Å². The number of piperazine rings is 1. The topological polar surface area (TPSA) is 58.6 Å². The predicted molar refractivity (Wildman–Crippen MR) is 77.6 cm³/mol. The van der Waals surface area contributed by atoms with Crippen LogP contribution in [0.15, 0.2) is 5.38 Å². The monoisotopic (exact) mass is 298 g/mol. The van der Waals surface area contributed by atoms with Crippen LogP contribution < -0.4 is 0 Å². The first-order valence-corrected chi connectivity index (χ1v) is 7.67. The lowest BCUT2D eigenvalue weighted by atomic mass is 10.2. The molecule has 2 heterocycles. The summed E-state index contributed by atoms with van der Waals surface area (Å²) in [6.45, 7) is 10.9. The van der Waals surface area contributed by atoms with Crippen molar-refractivity contribution in [1.29, 1.82) is 0 Å². The standard InChI is InChI=1S/C13H22N4O2S/c1-10-7-16(8-11-9-20-15-14-11)5-6-17(10)12(18)19-13(2,3)4/h9-10H,5-8H2,1-4H3/t10-/m1/s1. The molecule has 0 saturated carbocycles. The second kappa shape index (κ2) is 6.05. The summed E-state index contributed by atoms with van der Waals surface area (Å²) < 4.78 is 9.31. The van der Waals surface area contributed by atoms with Crippen LogP contribution in [-0.4, -0.2) is 56.8 Å². The maximum Gasteiger partial charge on any atom is 0.410 e. The summed E-state index contributed by atoms with van der Waals surface area (Å²) in [4.78, 5) is 16.2. The zero-order valence-corrected chi connectivity index (χ0v) is 13.3. The molecule has 6 nitrogen and oxygen atoms in total. The van der Waals surface area contributed by atoms with Crippen molar-refractivity contribution in [1.82, 2.24) is 19.4 Å². The Morgan fingerprint density at radius 2 is 2.25 bits per heavy atom. The molecule has 1 saturated heterocycles. The van der Waals surface area contributed by atoms with Crippen molar-refractivity contribution < 1.29 is 9.53 Å². The van der Waals surface area contributed by atoms with Crippen LogP contribution in [-0.2, 0) is 11.3 Å². The van der Waals surface area contributed by atoms with Crippen LogP contribution in [0, 0.1) is 0 Å². The normalized spacial score (nSPS) is 21.0. The van der Waals surface area contributed by atoms with Gasteiger partial charge < -0.3 is 9.64 Å². The molecule has 0 aliphatic carbocycles. The van der Waals surface area contributed by atoms with Crippen LogP contribution in [0.4, 0.5) is 4.79 Å². The van der Waals surface area contributed by atoms with Gasteiger partial charge >= 0.3 is 6.09 Å². The Bertz CT molecular complexity index is 444. The Labute approximate surface area is 123 Å². The molecule has 0 unspecified atom stereocenters. The smallest absolute Gasteiger partial charge is 0.410 e. The third kappa shape index (κ3) is 4.14. The van der Waals surface area contributed by atoms with E-state index >= 15 is 0 Å². The third-order valence-electron chi connectivity index (χ3n) is 3.13. The fourth-order valence-electron chi connectivity index (χ4n) is 2.25. The first-order chi connectivity index (χ1) is 9.35. The van der Waals surface area contributed by atoms with Gasteiger partial charge in [0.25, 0.3) is 0 Å². The molecular weight excluding hydrogens is 276 g/mol. The second-order valence-corrected chi connectivity index (χ2v) is 6.76. The summed E-state index contributed by atoms with van der Waals surface area (Å²) >= 11 is 1.37. The molecule has 1 atom stereocenters. The lowest BCUT2D eigenvalue weighted by molar-refractivity contribution is 0.000437. The average Bonchev–Trinajstić information content (AvgIpc) is 2.79. The number of rotatable bonds is 2. The van der Waals surface area contributed by atoms with E-state index in [9.17, 15) is 4.79 Å². The van der Waals surface area contributed by atoms with Gasteiger partial charge in [0.15, 0.2) is 0 Å². The highest BCUT2D eigenvalue weighted by Crippen LogP contribution is 2.16. The van der Waals surface area contributed by atoms with Crippen molar-refractivity contribution in [3.63, 3.8) is 0 Å². The van der Waals surface area contributed by atoms with E-state index in [1.54, 1.807) is 4.90 Å². The Kier molecular flexibility index (Phi) is 4.59. The molecule has 0 N–H and O–H groups in total. The average molecular weight is 298 g/mol. The quantitative estimate of drug-likeness (QED) is 0.835. The van der Waals surface area contributed by atoms with E-state index in [2.05, 4.69) is 21.4 Å². The molecule has 0 aromatic carbocycles. The van der Waals surface area contributed by atoms with Crippen LogP contribution >= 0.6 is 11.5 Å². The molecule has 7 heteroatoms. The minimum atomic E-state index is -0.444. The summed E-state index contributed by atoms with van der Waals surface area (Å²) in [6.07, 6.45) is -0.222. The summed E-state index contributed by atoms with van der Waals surface area (Å²) in [5, 5.41) is 6.02. The summed E-state index contributed by atoms with van der Waals surface area (Å²) in [5.74, 6) is 0. The fraction of sp³-hybridized carbons (Fsp3) is 0.769. The van der Waals surface area contributed by atoms with Gasteiger partial charge in [-0.25, -0.2) is 4.79 Å². The summed E-state index contributed by atoms with van der Waals surface area (Å²) in [7, 11) is 0. The lowest BCUT2D eigenvalue weighted by Gasteiger charge is -2.39. The van der Waals surface area contributed by atoms with Gasteiger partial charge in [0.05, 0.1) is 5.69 Å². The zero-order chi connectivity index (χ0) is 14.8. The van der Waals surface area contributed by atoms with Gasteiger partial charge in [0.1, 0.15) is 5.60 Å². The number of hydrogen-bond acceptors (Lipinski definition) is 6. The van der Waals surface area contributed by atoms with Crippen LogP contribution in [0.2, 0.25) is 0 Å². The Morgan fingerprint density at radius 3 is 2.80 bits per heavy atom. The minimum Gasteiger partial charge on any atom is -0.444 e. The van der Waals surface area contributed by atoms with E-state index in [1.165, 1.54) is 11.5 Å². The van der Waals surface area contributed by atoms with Gasteiger partial charge in [-0.3, -0.25) is 4.90 Å². The van der Waals surface area contributed by atoms with Crippen molar-refractivity contribution >= 4 is 17.6 Å². The molecule has 1 aromatic heterocycles. The molecule has 2 rings (SSSR count). The number of hydrogen-bond donors (Lipinski definition) is 0. The van der Waals surface area contributed by atoms with Crippen molar-refractivity contribution in [3.8, 4) is 0 Å². The lowest BCUT2D eigenvalue weighted by Crippen LogP contribution is -2.54. The third-order valence-corrected chi connectivity index (χ3v) is 3.68. The van der Waals surface area contributed by atoms with Gasteiger partial charge in [-0.05, 0) is 39.2 Å². The molecule has 20 heavy (non-hydrogen) atoms. The minimum absolute atomic E-state index is 0.144. The molecule has 0 bridgehead atoms. The van der Waals surface area contributed by atoms with Gasteiger partial charge in [0, 0.05) is 37.6 Å². The van der Waals surface area contributed by atoms with Gasteiger partial charge in [-0.2, -0.15) is 0 Å². The van der Waals surface area contributed by atoms with Gasteiger partial charge in [0.2, 0.25) is 0 Å². The largest absolute Gasteiger partial charge is 0.444 e. The number of carbonyl (C=O) groups is 1. The van der Waals surface area contributed by atoms with Crippen LogP contribution in [0.1, 0.15) is 33.4 Å². The van der Waals surface area contributed by atoms with E-state index in [4.69, 9.17) is 4.74 Å². The van der Waals surface area contributed by atoms with E-state index in [0.717, 1.165) is 25.3 Å². The molecule has 1 fully saturated rings. The second-order valence-electron chi connectivity index (χ2n) is 6.15. The Hall–Kier alpha value is -1.21. The molecule has 1 aromatic rings.